The quantitative estimate of drug-likeness (QED) is 0.412. The molecule has 0 aliphatic carbocycles. The largest absolute Gasteiger partial charge is 0.465 e. The number of furan rings is 1. The van der Waals surface area contributed by atoms with Crippen LogP contribution in [0.1, 0.15) is 51.9 Å². The molecule has 0 unspecified atom stereocenters. The second-order valence-electron chi connectivity index (χ2n) is 5.09. The zero-order chi connectivity index (χ0) is 18.0. The minimum absolute atomic E-state index is 0.146. The third kappa shape index (κ3) is 6.99. The van der Waals surface area contributed by atoms with Crippen LogP contribution < -0.4 is 0 Å². The molecule has 0 saturated heterocycles. The first kappa shape index (κ1) is 20.6. The Morgan fingerprint density at radius 3 is 2.38 bits per heavy atom. The second-order valence-corrected chi connectivity index (χ2v) is 7.15. The molecule has 1 heterocycles. The van der Waals surface area contributed by atoms with Crippen LogP contribution in [0, 0.1) is 0 Å². The van der Waals surface area contributed by atoms with Crippen molar-refractivity contribution in [2.45, 2.75) is 46.1 Å². The van der Waals surface area contributed by atoms with Gasteiger partial charge < -0.3 is 18.2 Å². The number of carbonyl (C=O) groups is 2. The zero-order valence-electron chi connectivity index (χ0n) is 14.4. The van der Waals surface area contributed by atoms with Crippen molar-refractivity contribution in [3.63, 3.8) is 0 Å². The van der Waals surface area contributed by atoms with Crippen LogP contribution in [0.25, 0.3) is 0 Å². The highest BCUT2D eigenvalue weighted by Gasteiger charge is 2.30. The summed E-state index contributed by atoms with van der Waals surface area (Å²) in [6, 6.07) is 3.27. The van der Waals surface area contributed by atoms with E-state index in [9.17, 15) is 14.2 Å². The van der Waals surface area contributed by atoms with Crippen molar-refractivity contribution < 1.29 is 32.4 Å². The number of hydrogen-bond acceptors (Lipinski definition) is 7. The molecule has 0 fully saturated rings. The van der Waals surface area contributed by atoms with Crippen molar-refractivity contribution >= 4 is 19.3 Å². The summed E-state index contributed by atoms with van der Waals surface area (Å²) in [5, 5.41) is 0. The number of hydrogen-bond donors (Lipinski definition) is 0. The predicted octanol–water partition coefficient (Wildman–Crippen LogP) is 3.89. The fourth-order valence-corrected chi connectivity index (χ4v) is 3.71. The van der Waals surface area contributed by atoms with E-state index in [1.807, 2.05) is 6.92 Å². The summed E-state index contributed by atoms with van der Waals surface area (Å²) in [7, 11) is -3.48. The van der Waals surface area contributed by atoms with Crippen LogP contribution in [0.3, 0.4) is 0 Å². The molecule has 7 nitrogen and oxygen atoms in total. The summed E-state index contributed by atoms with van der Waals surface area (Å²) in [6.07, 6.45) is 0.975. The fourth-order valence-electron chi connectivity index (χ4n) is 2.11. The standard InChI is InChI=1S/C16H25O7P/c1-4-8-16(18)23-15(14-9-7-10-20-14)11-13(17)12-24(19,21-5-2)22-6-3/h7,9-10,15H,4-6,8,11-12H2,1-3H3/t15-/m0/s1. The van der Waals surface area contributed by atoms with Crippen molar-refractivity contribution in [2.24, 2.45) is 0 Å². The lowest BCUT2D eigenvalue weighted by atomic mass is 10.1. The Labute approximate surface area is 142 Å². The van der Waals surface area contributed by atoms with E-state index in [1.165, 1.54) is 6.26 Å². The zero-order valence-corrected chi connectivity index (χ0v) is 15.3. The molecule has 0 bridgehead atoms. The van der Waals surface area contributed by atoms with Crippen LogP contribution in [0.2, 0.25) is 0 Å². The molecule has 0 radical (unpaired) electrons. The molecule has 0 aliphatic rings. The molecule has 0 saturated carbocycles. The van der Waals surface area contributed by atoms with Crippen LogP contribution in [-0.4, -0.2) is 31.1 Å². The third-order valence-corrected chi connectivity index (χ3v) is 5.07. The Hall–Kier alpha value is -1.43. The van der Waals surface area contributed by atoms with Crippen molar-refractivity contribution in [3.05, 3.63) is 24.2 Å². The van der Waals surface area contributed by atoms with Crippen molar-refractivity contribution in [2.75, 3.05) is 19.4 Å². The smallest absolute Gasteiger partial charge is 0.338 e. The summed E-state index contributed by atoms with van der Waals surface area (Å²) >= 11 is 0. The van der Waals surface area contributed by atoms with Gasteiger partial charge in [0.1, 0.15) is 17.7 Å². The maximum atomic E-state index is 12.4. The molecular weight excluding hydrogens is 335 g/mol. The predicted molar refractivity (Wildman–Crippen MR) is 87.8 cm³/mol. The first-order chi connectivity index (χ1) is 11.4. The van der Waals surface area contributed by atoms with Crippen molar-refractivity contribution in [1.82, 2.24) is 0 Å². The Morgan fingerprint density at radius 1 is 1.21 bits per heavy atom. The van der Waals surface area contributed by atoms with Crippen LogP contribution in [0.5, 0.6) is 0 Å². The van der Waals surface area contributed by atoms with E-state index < -0.39 is 19.7 Å². The van der Waals surface area contributed by atoms with E-state index in [1.54, 1.807) is 26.0 Å². The summed E-state index contributed by atoms with van der Waals surface area (Å²) in [4.78, 5) is 24.0. The van der Waals surface area contributed by atoms with Crippen LogP contribution in [0.15, 0.2) is 22.8 Å². The molecule has 1 rings (SSSR count). The highest BCUT2D eigenvalue weighted by atomic mass is 31.2. The van der Waals surface area contributed by atoms with Crippen molar-refractivity contribution in [3.8, 4) is 0 Å². The molecule has 0 N–H and O–H groups in total. The van der Waals surface area contributed by atoms with Gasteiger partial charge in [-0.15, -0.1) is 0 Å². The molecule has 24 heavy (non-hydrogen) atoms. The molecule has 1 aromatic rings. The summed E-state index contributed by atoms with van der Waals surface area (Å²) < 4.78 is 33.2. The lowest BCUT2D eigenvalue weighted by Crippen LogP contribution is -2.17. The minimum Gasteiger partial charge on any atom is -0.465 e. The molecule has 136 valence electrons. The van der Waals surface area contributed by atoms with E-state index >= 15 is 0 Å². The highest BCUT2D eigenvalue weighted by molar-refractivity contribution is 7.54. The monoisotopic (exact) mass is 360 g/mol. The molecule has 8 heteroatoms. The lowest BCUT2D eigenvalue weighted by Gasteiger charge is -2.18. The Morgan fingerprint density at radius 2 is 1.88 bits per heavy atom. The van der Waals surface area contributed by atoms with Gasteiger partial charge in [0.05, 0.1) is 25.9 Å². The molecular formula is C16H25O7P. The number of carbonyl (C=O) groups excluding carboxylic acids is 2. The van der Waals surface area contributed by atoms with E-state index in [0.29, 0.717) is 12.2 Å². The van der Waals surface area contributed by atoms with Gasteiger partial charge in [-0.3, -0.25) is 14.2 Å². The third-order valence-electron chi connectivity index (χ3n) is 3.02. The van der Waals surface area contributed by atoms with E-state index in [-0.39, 0.29) is 38.0 Å². The fraction of sp³-hybridized carbons (Fsp3) is 0.625. The first-order valence-corrected chi connectivity index (χ1v) is 9.79. The highest BCUT2D eigenvalue weighted by Crippen LogP contribution is 2.48. The van der Waals surface area contributed by atoms with Gasteiger partial charge in [-0.05, 0) is 32.4 Å². The normalized spacial score (nSPS) is 12.8. The summed E-state index contributed by atoms with van der Waals surface area (Å²) in [5.41, 5.74) is 0. The van der Waals surface area contributed by atoms with Crippen LogP contribution in [-0.2, 0) is 27.9 Å². The molecule has 0 spiro atoms. The number of ether oxygens (including phenoxy) is 1. The molecule has 0 amide bonds. The van der Waals surface area contributed by atoms with E-state index in [4.69, 9.17) is 18.2 Å². The number of Topliss-reactive ketones (excluding diaryl/α,β-unsaturated/α-hetero) is 1. The van der Waals surface area contributed by atoms with Gasteiger partial charge in [0.2, 0.25) is 0 Å². The van der Waals surface area contributed by atoms with Gasteiger partial charge in [-0.25, -0.2) is 0 Å². The van der Waals surface area contributed by atoms with Gasteiger partial charge in [0.15, 0.2) is 6.10 Å². The average Bonchev–Trinajstić information content (AvgIpc) is 3.01. The van der Waals surface area contributed by atoms with Gasteiger partial charge >= 0.3 is 13.6 Å². The molecule has 1 atom stereocenters. The lowest BCUT2D eigenvalue weighted by molar-refractivity contribution is -0.151. The number of esters is 1. The second kappa shape index (κ2) is 10.4. The number of rotatable bonds is 12. The Kier molecular flexibility index (Phi) is 8.97. The first-order valence-electron chi connectivity index (χ1n) is 8.06. The average molecular weight is 360 g/mol. The molecule has 0 aromatic carbocycles. The topological polar surface area (TPSA) is 92.0 Å². The van der Waals surface area contributed by atoms with Gasteiger partial charge in [-0.1, -0.05) is 6.92 Å². The van der Waals surface area contributed by atoms with Crippen LogP contribution in [0.4, 0.5) is 0 Å². The summed E-state index contributed by atoms with van der Waals surface area (Å²) in [5.74, 6) is -0.425. The number of ketones is 1. The minimum atomic E-state index is -3.48. The molecule has 0 aliphatic heterocycles. The SMILES string of the molecule is CCCC(=O)O[C@@H](CC(=O)CP(=O)(OCC)OCC)c1ccco1. The maximum Gasteiger partial charge on any atom is 0.338 e. The van der Waals surface area contributed by atoms with E-state index in [0.717, 1.165) is 0 Å². The Bertz CT molecular complexity index is 543. The Balaban J connectivity index is 2.76. The van der Waals surface area contributed by atoms with Crippen molar-refractivity contribution in [1.29, 1.82) is 0 Å². The van der Waals surface area contributed by atoms with E-state index in [2.05, 4.69) is 0 Å². The van der Waals surface area contributed by atoms with Crippen LogP contribution >= 0.6 is 7.60 Å². The summed E-state index contributed by atoms with van der Waals surface area (Å²) in [6.45, 7) is 5.56. The maximum absolute atomic E-state index is 12.4. The van der Waals surface area contributed by atoms with Gasteiger partial charge in [-0.2, -0.15) is 0 Å². The molecule has 1 aromatic heterocycles. The van der Waals surface area contributed by atoms with Gasteiger partial charge in [0.25, 0.3) is 0 Å². The van der Waals surface area contributed by atoms with Gasteiger partial charge in [0, 0.05) is 6.42 Å².